The number of hydrogen-bond acceptors (Lipinski definition) is 8. The summed E-state index contributed by atoms with van der Waals surface area (Å²) in [5.74, 6) is -1.95. The monoisotopic (exact) mass is 382 g/mol. The summed E-state index contributed by atoms with van der Waals surface area (Å²) < 4.78 is 14.6. The van der Waals surface area contributed by atoms with Gasteiger partial charge in [-0.2, -0.15) is 0 Å². The molecule has 0 aliphatic heterocycles. The lowest BCUT2D eigenvalue weighted by Gasteiger charge is -2.17. The highest BCUT2D eigenvalue weighted by molar-refractivity contribution is 5.97. The largest absolute Gasteiger partial charge is 0.490 e. The molecule has 0 aliphatic carbocycles. The van der Waals surface area contributed by atoms with E-state index in [1.165, 1.54) is 19.2 Å². The van der Waals surface area contributed by atoms with E-state index in [1.807, 2.05) is 0 Å². The minimum Gasteiger partial charge on any atom is -0.490 e. The molecule has 0 saturated carbocycles. The van der Waals surface area contributed by atoms with Crippen molar-refractivity contribution in [1.82, 2.24) is 5.32 Å². The number of carbonyl (C=O) groups is 3. The molecule has 0 aliphatic rings. The molecule has 0 aromatic heterocycles. The Labute approximate surface area is 155 Å². The van der Waals surface area contributed by atoms with Crippen molar-refractivity contribution in [2.75, 3.05) is 20.3 Å². The van der Waals surface area contributed by atoms with Crippen LogP contribution in [0.4, 0.5) is 5.69 Å². The molecule has 1 atom stereocenters. The fraction of sp³-hybridized carbons (Fsp3) is 0.471. The predicted molar refractivity (Wildman–Crippen MR) is 93.4 cm³/mol. The molecular formula is C17H22N2O8. The van der Waals surface area contributed by atoms with Crippen molar-refractivity contribution in [3.63, 3.8) is 0 Å². The minimum atomic E-state index is -1.07. The highest BCUT2D eigenvalue weighted by Crippen LogP contribution is 2.27. The third-order valence-electron chi connectivity index (χ3n) is 3.46. The lowest BCUT2D eigenvalue weighted by Crippen LogP contribution is -2.42. The molecule has 1 aromatic carbocycles. The van der Waals surface area contributed by atoms with Crippen LogP contribution in [-0.2, 0) is 19.1 Å². The highest BCUT2D eigenvalue weighted by atomic mass is 16.6. The van der Waals surface area contributed by atoms with Crippen molar-refractivity contribution in [2.24, 2.45) is 0 Å². The average molecular weight is 382 g/mol. The first-order valence-electron chi connectivity index (χ1n) is 8.29. The number of methoxy groups -OCH3 is 1. The van der Waals surface area contributed by atoms with E-state index in [0.29, 0.717) is 0 Å². The van der Waals surface area contributed by atoms with Crippen LogP contribution >= 0.6 is 0 Å². The number of esters is 2. The van der Waals surface area contributed by atoms with Gasteiger partial charge in [-0.25, -0.2) is 4.79 Å². The first-order chi connectivity index (χ1) is 12.8. The normalized spacial score (nSPS) is 11.2. The summed E-state index contributed by atoms with van der Waals surface area (Å²) in [5, 5.41) is 13.4. The van der Waals surface area contributed by atoms with Crippen LogP contribution in [0.3, 0.4) is 0 Å². The number of benzene rings is 1. The van der Waals surface area contributed by atoms with Crippen LogP contribution in [0.15, 0.2) is 18.2 Å². The van der Waals surface area contributed by atoms with Gasteiger partial charge in [0.15, 0.2) is 5.75 Å². The molecule has 1 amide bonds. The highest BCUT2D eigenvalue weighted by Gasteiger charge is 2.25. The van der Waals surface area contributed by atoms with Crippen molar-refractivity contribution in [1.29, 1.82) is 0 Å². The van der Waals surface area contributed by atoms with Crippen molar-refractivity contribution in [3.05, 3.63) is 33.9 Å². The van der Waals surface area contributed by atoms with E-state index in [4.69, 9.17) is 14.2 Å². The molecule has 0 fully saturated rings. The SMILES string of the molecule is CCOC(=O)CC[C@@H](NC(=O)c1ccc([N+](=O)[O-])c(OC)c1)C(=O)OCC. The Balaban J connectivity index is 2.93. The summed E-state index contributed by atoms with van der Waals surface area (Å²) in [7, 11) is 1.24. The third-order valence-corrected chi connectivity index (χ3v) is 3.46. The Hall–Kier alpha value is -3.17. The zero-order valence-electron chi connectivity index (χ0n) is 15.4. The van der Waals surface area contributed by atoms with E-state index >= 15 is 0 Å². The van der Waals surface area contributed by atoms with Gasteiger partial charge in [0.1, 0.15) is 6.04 Å². The van der Waals surface area contributed by atoms with Gasteiger partial charge in [0.25, 0.3) is 5.91 Å². The fourth-order valence-corrected chi connectivity index (χ4v) is 2.20. The van der Waals surface area contributed by atoms with Gasteiger partial charge in [-0.1, -0.05) is 0 Å². The third kappa shape index (κ3) is 6.57. The summed E-state index contributed by atoms with van der Waals surface area (Å²) in [4.78, 5) is 46.3. The summed E-state index contributed by atoms with van der Waals surface area (Å²) in [5.41, 5.74) is -0.235. The van der Waals surface area contributed by atoms with Gasteiger partial charge in [-0.05, 0) is 26.3 Å². The number of hydrogen-bond donors (Lipinski definition) is 1. The van der Waals surface area contributed by atoms with Crippen LogP contribution in [0.2, 0.25) is 0 Å². The van der Waals surface area contributed by atoms with E-state index in [-0.39, 0.29) is 43.1 Å². The number of amides is 1. The maximum absolute atomic E-state index is 12.4. The van der Waals surface area contributed by atoms with Crippen molar-refractivity contribution < 1.29 is 33.5 Å². The second kappa shape index (κ2) is 10.7. The Morgan fingerprint density at radius 3 is 2.41 bits per heavy atom. The first kappa shape index (κ1) is 21.9. The molecule has 10 nitrogen and oxygen atoms in total. The van der Waals surface area contributed by atoms with Gasteiger partial charge in [-0.15, -0.1) is 0 Å². The van der Waals surface area contributed by atoms with Gasteiger partial charge in [0.05, 0.1) is 25.2 Å². The van der Waals surface area contributed by atoms with Gasteiger partial charge in [0, 0.05) is 24.1 Å². The first-order valence-corrected chi connectivity index (χ1v) is 8.29. The maximum Gasteiger partial charge on any atom is 0.328 e. The fourth-order valence-electron chi connectivity index (χ4n) is 2.20. The second-order valence-electron chi connectivity index (χ2n) is 5.27. The molecule has 148 valence electrons. The number of nitrogens with one attached hydrogen (secondary N) is 1. The molecule has 1 rings (SSSR count). The minimum absolute atomic E-state index is 0.00643. The van der Waals surface area contributed by atoms with Crippen LogP contribution in [-0.4, -0.2) is 49.1 Å². The summed E-state index contributed by atoms with van der Waals surface area (Å²) in [6.45, 7) is 3.58. The van der Waals surface area contributed by atoms with Gasteiger partial charge in [0.2, 0.25) is 0 Å². The second-order valence-corrected chi connectivity index (χ2v) is 5.27. The summed E-state index contributed by atoms with van der Waals surface area (Å²) in [6, 6.07) is 2.50. The molecule has 0 heterocycles. The smallest absolute Gasteiger partial charge is 0.328 e. The Morgan fingerprint density at radius 2 is 1.85 bits per heavy atom. The molecular weight excluding hydrogens is 360 g/mol. The topological polar surface area (TPSA) is 134 Å². The lowest BCUT2D eigenvalue weighted by atomic mass is 10.1. The van der Waals surface area contributed by atoms with Gasteiger partial charge < -0.3 is 19.5 Å². The number of ether oxygens (including phenoxy) is 3. The van der Waals surface area contributed by atoms with E-state index in [0.717, 1.165) is 6.07 Å². The van der Waals surface area contributed by atoms with E-state index in [2.05, 4.69) is 5.32 Å². The molecule has 1 aromatic rings. The van der Waals surface area contributed by atoms with Crippen LogP contribution in [0.5, 0.6) is 5.75 Å². The molecule has 27 heavy (non-hydrogen) atoms. The molecule has 0 unspecified atom stereocenters. The van der Waals surface area contributed by atoms with Gasteiger partial charge in [-0.3, -0.25) is 19.7 Å². The van der Waals surface area contributed by atoms with Crippen LogP contribution in [0, 0.1) is 10.1 Å². The zero-order chi connectivity index (χ0) is 20.4. The van der Waals surface area contributed by atoms with Crippen molar-refractivity contribution in [2.45, 2.75) is 32.7 Å². The van der Waals surface area contributed by atoms with Crippen LogP contribution in [0.25, 0.3) is 0 Å². The van der Waals surface area contributed by atoms with Crippen LogP contribution in [0.1, 0.15) is 37.0 Å². The Bertz CT molecular complexity index is 704. The molecule has 1 N–H and O–H groups in total. The van der Waals surface area contributed by atoms with E-state index < -0.39 is 28.8 Å². The summed E-state index contributed by atoms with van der Waals surface area (Å²) >= 11 is 0. The zero-order valence-corrected chi connectivity index (χ0v) is 15.4. The number of rotatable bonds is 10. The Morgan fingerprint density at radius 1 is 1.19 bits per heavy atom. The van der Waals surface area contributed by atoms with Crippen molar-refractivity contribution in [3.8, 4) is 5.75 Å². The standard InChI is InChI=1S/C17H22N2O8/c1-4-26-15(20)9-7-12(17(22)27-5-2)18-16(21)11-6-8-13(19(23)24)14(10-11)25-3/h6,8,10,12H,4-5,7,9H2,1-3H3,(H,18,21)/t12-/m1/s1. The number of nitro groups is 1. The van der Waals surface area contributed by atoms with Gasteiger partial charge >= 0.3 is 17.6 Å². The number of nitrogens with zero attached hydrogens (tertiary/aromatic N) is 1. The molecule has 0 saturated heterocycles. The lowest BCUT2D eigenvalue weighted by molar-refractivity contribution is -0.385. The van der Waals surface area contributed by atoms with E-state index in [9.17, 15) is 24.5 Å². The molecule has 0 spiro atoms. The maximum atomic E-state index is 12.4. The molecule has 10 heteroatoms. The molecule has 0 radical (unpaired) electrons. The van der Waals surface area contributed by atoms with Crippen LogP contribution < -0.4 is 10.1 Å². The van der Waals surface area contributed by atoms with Crippen molar-refractivity contribution >= 4 is 23.5 Å². The summed E-state index contributed by atoms with van der Waals surface area (Å²) in [6.07, 6.45) is -0.0886. The Kier molecular flexibility index (Phi) is 8.70. The molecule has 0 bridgehead atoms. The quantitative estimate of drug-likeness (QED) is 0.366. The van der Waals surface area contributed by atoms with E-state index in [1.54, 1.807) is 13.8 Å². The average Bonchev–Trinajstić information content (AvgIpc) is 2.64. The predicted octanol–water partition coefficient (Wildman–Crippen LogP) is 1.61. The number of nitro benzene ring substituents is 1. The number of carbonyl (C=O) groups excluding carboxylic acids is 3.